The predicted octanol–water partition coefficient (Wildman–Crippen LogP) is 3.84. The Morgan fingerprint density at radius 1 is 1.12 bits per heavy atom. The van der Waals surface area contributed by atoms with Gasteiger partial charge in [0.1, 0.15) is 11.6 Å². The number of benzene rings is 2. The average molecular weight is 468 g/mol. The van der Waals surface area contributed by atoms with Gasteiger partial charge in [-0.05, 0) is 55.5 Å². The van der Waals surface area contributed by atoms with E-state index in [0.717, 1.165) is 17.0 Å². The van der Waals surface area contributed by atoms with E-state index < -0.39 is 23.9 Å². The zero-order chi connectivity index (χ0) is 23.5. The van der Waals surface area contributed by atoms with Crippen LogP contribution in [-0.4, -0.2) is 51.4 Å². The zero-order valence-corrected chi connectivity index (χ0v) is 17.6. The molecule has 0 radical (unpaired) electrons. The standard InChI is InChI=1S/C20H17ClF3N5O3/c1-12-25-18(27-29(12)15-7-3-13(21)4-8-15)19(31)28(2)11-17(30)26-14-5-9-16(10-6-14)32-20(22,23)24/h3-10H,11H2,1-2H3,(H,26,30). The molecule has 1 N–H and O–H groups in total. The largest absolute Gasteiger partial charge is 0.573 e. The first-order valence-electron chi connectivity index (χ1n) is 9.12. The van der Waals surface area contributed by atoms with Gasteiger partial charge in [0.2, 0.25) is 11.7 Å². The maximum Gasteiger partial charge on any atom is 0.573 e. The van der Waals surface area contributed by atoms with E-state index in [9.17, 15) is 22.8 Å². The van der Waals surface area contributed by atoms with Gasteiger partial charge in [0.05, 0.1) is 12.2 Å². The lowest BCUT2D eigenvalue weighted by Gasteiger charge is -2.15. The highest BCUT2D eigenvalue weighted by Crippen LogP contribution is 2.24. The summed E-state index contributed by atoms with van der Waals surface area (Å²) in [5.74, 6) is -1.18. The summed E-state index contributed by atoms with van der Waals surface area (Å²) in [5.41, 5.74) is 0.906. The molecular formula is C20H17ClF3N5O3. The molecule has 0 saturated heterocycles. The van der Waals surface area contributed by atoms with Crippen LogP contribution < -0.4 is 10.1 Å². The third kappa shape index (κ3) is 5.97. The first kappa shape index (κ1) is 23.1. The number of likely N-dealkylation sites (N-methyl/N-ethyl adjacent to an activating group) is 1. The molecule has 8 nitrogen and oxygen atoms in total. The lowest BCUT2D eigenvalue weighted by atomic mass is 10.3. The zero-order valence-electron chi connectivity index (χ0n) is 16.9. The summed E-state index contributed by atoms with van der Waals surface area (Å²) in [6.45, 7) is 1.35. The number of carbonyl (C=O) groups excluding carboxylic acids is 2. The number of aryl methyl sites for hydroxylation is 1. The summed E-state index contributed by atoms with van der Waals surface area (Å²) in [7, 11) is 1.40. The molecule has 3 aromatic rings. The van der Waals surface area contributed by atoms with E-state index in [1.54, 1.807) is 31.2 Å². The van der Waals surface area contributed by atoms with Crippen LogP contribution in [0.1, 0.15) is 16.4 Å². The second-order valence-electron chi connectivity index (χ2n) is 6.65. The van der Waals surface area contributed by atoms with Crippen molar-refractivity contribution in [2.45, 2.75) is 13.3 Å². The van der Waals surface area contributed by atoms with Gasteiger partial charge in [0, 0.05) is 17.8 Å². The Hall–Kier alpha value is -3.60. The van der Waals surface area contributed by atoms with E-state index >= 15 is 0 Å². The maximum atomic E-state index is 12.6. The first-order valence-corrected chi connectivity index (χ1v) is 9.50. The monoisotopic (exact) mass is 467 g/mol. The van der Waals surface area contributed by atoms with Crippen LogP contribution in [0.25, 0.3) is 5.69 Å². The molecule has 0 aliphatic rings. The number of hydrogen-bond donors (Lipinski definition) is 1. The smallest absolute Gasteiger partial charge is 0.406 e. The Bertz CT molecular complexity index is 1120. The lowest BCUT2D eigenvalue weighted by molar-refractivity contribution is -0.274. The second kappa shape index (κ2) is 9.27. The van der Waals surface area contributed by atoms with Gasteiger partial charge in [0.25, 0.3) is 5.91 Å². The molecule has 2 amide bonds. The third-order valence-corrected chi connectivity index (χ3v) is 4.38. The highest BCUT2D eigenvalue weighted by molar-refractivity contribution is 6.30. The number of nitrogens with one attached hydrogen (secondary N) is 1. The Morgan fingerprint density at radius 2 is 1.75 bits per heavy atom. The fourth-order valence-corrected chi connectivity index (χ4v) is 2.83. The summed E-state index contributed by atoms with van der Waals surface area (Å²) in [5, 5.41) is 7.24. The van der Waals surface area contributed by atoms with Crippen molar-refractivity contribution in [3.05, 3.63) is 65.2 Å². The first-order chi connectivity index (χ1) is 15.0. The van der Waals surface area contributed by atoms with Crippen molar-refractivity contribution < 1.29 is 27.5 Å². The Morgan fingerprint density at radius 3 is 2.34 bits per heavy atom. The highest BCUT2D eigenvalue weighted by Gasteiger charge is 2.31. The van der Waals surface area contributed by atoms with Gasteiger partial charge in [0.15, 0.2) is 0 Å². The SMILES string of the molecule is Cc1nc(C(=O)N(C)CC(=O)Nc2ccc(OC(F)(F)F)cc2)nn1-c1ccc(Cl)cc1. The number of alkyl halides is 3. The van der Waals surface area contributed by atoms with Gasteiger partial charge in [-0.2, -0.15) is 0 Å². The Kier molecular flexibility index (Phi) is 6.68. The molecule has 168 valence electrons. The van der Waals surface area contributed by atoms with Gasteiger partial charge < -0.3 is 15.0 Å². The molecule has 1 heterocycles. The number of hydrogen-bond acceptors (Lipinski definition) is 5. The van der Waals surface area contributed by atoms with Crippen molar-refractivity contribution in [1.82, 2.24) is 19.7 Å². The molecule has 0 unspecified atom stereocenters. The minimum Gasteiger partial charge on any atom is -0.406 e. The molecule has 12 heteroatoms. The van der Waals surface area contributed by atoms with Crippen molar-refractivity contribution in [3.8, 4) is 11.4 Å². The van der Waals surface area contributed by atoms with Crippen LogP contribution in [0.15, 0.2) is 48.5 Å². The molecule has 0 bridgehead atoms. The molecule has 0 saturated carbocycles. The number of ether oxygens (including phenoxy) is 1. The van der Waals surface area contributed by atoms with E-state index in [-0.39, 0.29) is 18.1 Å². The average Bonchev–Trinajstić information content (AvgIpc) is 3.10. The van der Waals surface area contributed by atoms with E-state index in [2.05, 4.69) is 20.1 Å². The fraction of sp³-hybridized carbons (Fsp3) is 0.200. The van der Waals surface area contributed by atoms with E-state index in [0.29, 0.717) is 16.5 Å². The van der Waals surface area contributed by atoms with Crippen molar-refractivity contribution in [2.75, 3.05) is 18.9 Å². The van der Waals surface area contributed by atoms with Crippen LogP contribution in [0.3, 0.4) is 0 Å². The Balaban J connectivity index is 1.61. The topological polar surface area (TPSA) is 89.3 Å². The fourth-order valence-electron chi connectivity index (χ4n) is 2.71. The number of rotatable bonds is 6. The van der Waals surface area contributed by atoms with Crippen LogP contribution >= 0.6 is 11.6 Å². The van der Waals surface area contributed by atoms with Crippen molar-refractivity contribution >= 4 is 29.1 Å². The number of halogens is 4. The van der Waals surface area contributed by atoms with Gasteiger partial charge in [-0.1, -0.05) is 11.6 Å². The van der Waals surface area contributed by atoms with Crippen LogP contribution in [-0.2, 0) is 4.79 Å². The summed E-state index contributed by atoms with van der Waals surface area (Å²) < 4.78 is 41.9. The predicted molar refractivity (Wildman–Crippen MR) is 110 cm³/mol. The number of amides is 2. The summed E-state index contributed by atoms with van der Waals surface area (Å²) in [6.07, 6.45) is -4.80. The van der Waals surface area contributed by atoms with Crippen molar-refractivity contribution in [1.29, 1.82) is 0 Å². The molecular weight excluding hydrogens is 451 g/mol. The maximum absolute atomic E-state index is 12.6. The summed E-state index contributed by atoms with van der Waals surface area (Å²) >= 11 is 5.88. The molecule has 32 heavy (non-hydrogen) atoms. The highest BCUT2D eigenvalue weighted by atomic mass is 35.5. The molecule has 0 aliphatic carbocycles. The molecule has 1 aromatic heterocycles. The van der Waals surface area contributed by atoms with Crippen LogP contribution in [0.5, 0.6) is 5.75 Å². The van der Waals surface area contributed by atoms with Crippen molar-refractivity contribution in [3.63, 3.8) is 0 Å². The van der Waals surface area contributed by atoms with Crippen LogP contribution in [0.2, 0.25) is 5.02 Å². The molecule has 0 atom stereocenters. The van der Waals surface area contributed by atoms with Crippen LogP contribution in [0, 0.1) is 6.92 Å². The number of anilines is 1. The van der Waals surface area contributed by atoms with Crippen molar-refractivity contribution in [2.24, 2.45) is 0 Å². The second-order valence-corrected chi connectivity index (χ2v) is 7.09. The molecule has 3 rings (SSSR count). The number of nitrogens with zero attached hydrogens (tertiary/aromatic N) is 4. The van der Waals surface area contributed by atoms with E-state index in [1.807, 2.05) is 0 Å². The minimum absolute atomic E-state index is 0.0959. The van der Waals surface area contributed by atoms with Gasteiger partial charge in [-0.15, -0.1) is 18.3 Å². The van der Waals surface area contributed by atoms with Gasteiger partial charge in [-0.3, -0.25) is 9.59 Å². The quantitative estimate of drug-likeness (QED) is 0.595. The van der Waals surface area contributed by atoms with Crippen LogP contribution in [0.4, 0.5) is 18.9 Å². The molecule has 0 fully saturated rings. The van der Waals surface area contributed by atoms with Gasteiger partial charge in [-0.25, -0.2) is 9.67 Å². The van der Waals surface area contributed by atoms with Gasteiger partial charge >= 0.3 is 6.36 Å². The Labute approximate surface area is 185 Å². The molecule has 0 aliphatic heterocycles. The summed E-state index contributed by atoms with van der Waals surface area (Å²) in [6, 6.07) is 11.4. The molecule has 2 aromatic carbocycles. The lowest BCUT2D eigenvalue weighted by Crippen LogP contribution is -2.35. The molecule has 0 spiro atoms. The van der Waals surface area contributed by atoms with E-state index in [4.69, 9.17) is 11.6 Å². The summed E-state index contributed by atoms with van der Waals surface area (Å²) in [4.78, 5) is 30.1. The number of aromatic nitrogens is 3. The number of carbonyl (C=O) groups is 2. The minimum atomic E-state index is -4.80. The van der Waals surface area contributed by atoms with E-state index in [1.165, 1.54) is 23.9 Å². The third-order valence-electron chi connectivity index (χ3n) is 4.13. The normalized spacial score (nSPS) is 11.2.